The summed E-state index contributed by atoms with van der Waals surface area (Å²) in [6.45, 7) is 3.78. The first kappa shape index (κ1) is 12.0. The van der Waals surface area contributed by atoms with Gasteiger partial charge >= 0.3 is 0 Å². The second-order valence-electron chi connectivity index (χ2n) is 3.71. The van der Waals surface area contributed by atoms with Crippen LogP contribution < -0.4 is 5.73 Å². The minimum atomic E-state index is -0.764. The third kappa shape index (κ3) is 4.28. The Morgan fingerprint density at radius 2 is 2.47 bits per heavy atom. The number of nitriles is 1. The van der Waals surface area contributed by atoms with Crippen LogP contribution >= 0.6 is 11.8 Å². The molecule has 0 spiro atoms. The van der Waals surface area contributed by atoms with E-state index < -0.39 is 5.54 Å². The van der Waals surface area contributed by atoms with Crippen LogP contribution in [-0.4, -0.2) is 20.8 Å². The van der Waals surface area contributed by atoms with Crippen molar-refractivity contribution in [2.24, 2.45) is 5.73 Å². The first-order valence-corrected chi connectivity index (χ1v) is 5.54. The van der Waals surface area contributed by atoms with Crippen LogP contribution in [0.1, 0.15) is 20.3 Å². The van der Waals surface area contributed by atoms with E-state index in [0.29, 0.717) is 6.42 Å². The van der Waals surface area contributed by atoms with Gasteiger partial charge in [-0.15, -0.1) is 11.8 Å². The van der Waals surface area contributed by atoms with Crippen LogP contribution in [0.5, 0.6) is 0 Å². The maximum atomic E-state index is 8.80. The fraction of sp³-hybridized carbons (Fsp3) is 0.500. The highest BCUT2D eigenvalue weighted by molar-refractivity contribution is 7.99. The van der Waals surface area contributed by atoms with E-state index in [2.05, 4.69) is 16.0 Å². The van der Waals surface area contributed by atoms with E-state index in [1.165, 1.54) is 6.33 Å². The highest BCUT2D eigenvalue weighted by Gasteiger charge is 2.21. The van der Waals surface area contributed by atoms with Crippen molar-refractivity contribution in [1.29, 1.82) is 5.26 Å². The maximum Gasteiger partial charge on any atom is 0.116 e. The molecule has 4 nitrogen and oxygen atoms in total. The van der Waals surface area contributed by atoms with Crippen LogP contribution in [0.25, 0.3) is 0 Å². The quantitative estimate of drug-likeness (QED) is 0.618. The molecule has 0 fully saturated rings. The Labute approximate surface area is 93.9 Å². The van der Waals surface area contributed by atoms with E-state index in [1.54, 1.807) is 24.9 Å². The molecule has 1 rings (SSSR count). The van der Waals surface area contributed by atoms with Gasteiger partial charge in [0.05, 0.1) is 11.1 Å². The molecule has 2 atom stereocenters. The van der Waals surface area contributed by atoms with Crippen LogP contribution in [-0.2, 0) is 0 Å². The first-order valence-electron chi connectivity index (χ1n) is 4.66. The van der Waals surface area contributed by atoms with Crippen molar-refractivity contribution < 1.29 is 0 Å². The van der Waals surface area contributed by atoms with E-state index in [0.717, 1.165) is 5.03 Å². The third-order valence-corrected chi connectivity index (χ3v) is 2.90. The minimum Gasteiger partial charge on any atom is -0.314 e. The largest absolute Gasteiger partial charge is 0.314 e. The summed E-state index contributed by atoms with van der Waals surface area (Å²) in [5.74, 6) is 0. The van der Waals surface area contributed by atoms with E-state index in [-0.39, 0.29) is 5.25 Å². The SMILES string of the molecule is CC(CC(C)(N)C#N)Sc1ccncn1. The Morgan fingerprint density at radius 1 is 1.73 bits per heavy atom. The van der Waals surface area contributed by atoms with E-state index >= 15 is 0 Å². The molecule has 80 valence electrons. The van der Waals surface area contributed by atoms with Crippen LogP contribution in [0, 0.1) is 11.3 Å². The monoisotopic (exact) mass is 222 g/mol. The van der Waals surface area contributed by atoms with Crippen molar-refractivity contribution >= 4 is 11.8 Å². The molecule has 0 aliphatic rings. The van der Waals surface area contributed by atoms with Gasteiger partial charge in [-0.2, -0.15) is 5.26 Å². The molecule has 1 aromatic rings. The van der Waals surface area contributed by atoms with Gasteiger partial charge in [0, 0.05) is 11.4 Å². The summed E-state index contributed by atoms with van der Waals surface area (Å²) >= 11 is 1.60. The number of rotatable bonds is 4. The fourth-order valence-electron chi connectivity index (χ4n) is 1.24. The van der Waals surface area contributed by atoms with Gasteiger partial charge in [0.2, 0.25) is 0 Å². The van der Waals surface area contributed by atoms with Gasteiger partial charge in [0.15, 0.2) is 0 Å². The van der Waals surface area contributed by atoms with Crippen molar-refractivity contribution in [2.75, 3.05) is 0 Å². The number of hydrogen-bond donors (Lipinski definition) is 1. The highest BCUT2D eigenvalue weighted by atomic mass is 32.2. The molecule has 0 aliphatic carbocycles. The number of aromatic nitrogens is 2. The molecule has 1 heterocycles. The number of thioether (sulfide) groups is 1. The van der Waals surface area contributed by atoms with Crippen molar-refractivity contribution in [2.45, 2.75) is 36.1 Å². The Hall–Kier alpha value is -1.12. The molecule has 0 saturated heterocycles. The zero-order valence-corrected chi connectivity index (χ0v) is 9.66. The molecular weight excluding hydrogens is 208 g/mol. The average molecular weight is 222 g/mol. The maximum absolute atomic E-state index is 8.80. The van der Waals surface area contributed by atoms with Crippen LogP contribution in [0.15, 0.2) is 23.6 Å². The molecule has 0 amide bonds. The molecule has 2 N–H and O–H groups in total. The molecular formula is C10H14N4S. The summed E-state index contributed by atoms with van der Waals surface area (Å²) in [5.41, 5.74) is 5.00. The van der Waals surface area contributed by atoms with Gasteiger partial charge in [0.1, 0.15) is 11.9 Å². The van der Waals surface area contributed by atoms with Crippen molar-refractivity contribution in [3.05, 3.63) is 18.6 Å². The summed E-state index contributed by atoms with van der Waals surface area (Å²) in [5, 5.41) is 9.97. The number of hydrogen-bond acceptors (Lipinski definition) is 5. The first-order chi connectivity index (χ1) is 7.03. The zero-order valence-electron chi connectivity index (χ0n) is 8.84. The fourth-order valence-corrected chi connectivity index (χ4v) is 2.33. The summed E-state index contributed by atoms with van der Waals surface area (Å²) in [6.07, 6.45) is 3.85. The highest BCUT2D eigenvalue weighted by Crippen LogP contribution is 2.25. The van der Waals surface area contributed by atoms with Crippen LogP contribution in [0.2, 0.25) is 0 Å². The lowest BCUT2D eigenvalue weighted by atomic mass is 10.00. The lowest BCUT2D eigenvalue weighted by Gasteiger charge is -2.19. The second-order valence-corrected chi connectivity index (χ2v) is 5.17. The molecule has 0 bridgehead atoms. The molecule has 0 aromatic carbocycles. The number of nitrogens with zero attached hydrogens (tertiary/aromatic N) is 3. The van der Waals surface area contributed by atoms with Gasteiger partial charge in [-0.3, -0.25) is 0 Å². The third-order valence-electron chi connectivity index (χ3n) is 1.84. The van der Waals surface area contributed by atoms with Crippen molar-refractivity contribution in [1.82, 2.24) is 9.97 Å². The van der Waals surface area contributed by atoms with E-state index in [9.17, 15) is 0 Å². The van der Waals surface area contributed by atoms with Crippen molar-refractivity contribution in [3.63, 3.8) is 0 Å². The Balaban J connectivity index is 2.51. The Morgan fingerprint density at radius 3 is 3.00 bits per heavy atom. The molecule has 2 unspecified atom stereocenters. The van der Waals surface area contributed by atoms with Gasteiger partial charge in [-0.25, -0.2) is 9.97 Å². The standard InChI is InChI=1S/C10H14N4S/c1-8(5-10(2,12)6-11)15-9-3-4-13-7-14-9/h3-4,7-8H,5,12H2,1-2H3. The molecule has 5 heteroatoms. The summed E-state index contributed by atoms with van der Waals surface area (Å²) in [6, 6.07) is 3.94. The Kier molecular flexibility index (Phi) is 4.06. The van der Waals surface area contributed by atoms with Crippen LogP contribution in [0.3, 0.4) is 0 Å². The lowest BCUT2D eigenvalue weighted by Crippen LogP contribution is -2.36. The Bertz CT molecular complexity index is 344. The molecule has 15 heavy (non-hydrogen) atoms. The second kappa shape index (κ2) is 5.10. The molecule has 0 saturated carbocycles. The molecule has 1 aromatic heterocycles. The van der Waals surface area contributed by atoms with Gasteiger partial charge in [-0.05, 0) is 19.4 Å². The topological polar surface area (TPSA) is 75.6 Å². The number of nitrogens with two attached hydrogens (primary N) is 1. The zero-order chi connectivity index (χ0) is 11.3. The summed E-state index contributed by atoms with van der Waals surface area (Å²) < 4.78 is 0. The van der Waals surface area contributed by atoms with Gasteiger partial charge in [-0.1, -0.05) is 6.92 Å². The van der Waals surface area contributed by atoms with Gasteiger partial charge < -0.3 is 5.73 Å². The van der Waals surface area contributed by atoms with Gasteiger partial charge in [0.25, 0.3) is 0 Å². The van der Waals surface area contributed by atoms with Crippen molar-refractivity contribution in [3.8, 4) is 6.07 Å². The summed E-state index contributed by atoms with van der Waals surface area (Å²) in [7, 11) is 0. The molecule has 0 aliphatic heterocycles. The van der Waals surface area contributed by atoms with E-state index in [1.807, 2.05) is 13.0 Å². The predicted molar refractivity (Wildman–Crippen MR) is 60.2 cm³/mol. The molecule has 0 radical (unpaired) electrons. The predicted octanol–water partition coefficient (Wildman–Crippen LogP) is 1.59. The minimum absolute atomic E-state index is 0.259. The van der Waals surface area contributed by atoms with Crippen LogP contribution in [0.4, 0.5) is 0 Å². The lowest BCUT2D eigenvalue weighted by molar-refractivity contribution is 0.545. The van der Waals surface area contributed by atoms with E-state index in [4.69, 9.17) is 11.0 Å². The normalized spacial score (nSPS) is 16.4. The summed E-state index contributed by atoms with van der Waals surface area (Å²) in [4.78, 5) is 7.94. The average Bonchev–Trinajstić information content (AvgIpc) is 2.18. The smallest absolute Gasteiger partial charge is 0.116 e.